The molecule has 0 heterocycles. The predicted molar refractivity (Wildman–Crippen MR) is 80.0 cm³/mol. The van der Waals surface area contributed by atoms with Crippen molar-refractivity contribution in [3.63, 3.8) is 0 Å². The maximum Gasteiger partial charge on any atom is 0.248 e. The molecule has 0 unspecified atom stereocenters. The molecular formula is C11H13BrN2OS2. The lowest BCUT2D eigenvalue weighted by molar-refractivity contribution is -0.126. The van der Waals surface area contributed by atoms with Gasteiger partial charge in [0, 0.05) is 4.47 Å². The van der Waals surface area contributed by atoms with Crippen LogP contribution in [0.1, 0.15) is 19.4 Å². The van der Waals surface area contributed by atoms with Gasteiger partial charge in [-0.25, -0.2) is 0 Å². The molecule has 0 aromatic heterocycles. The van der Waals surface area contributed by atoms with E-state index in [-0.39, 0.29) is 10.2 Å². The maximum absolute atomic E-state index is 12.0. The second-order valence-corrected chi connectivity index (χ2v) is 6.09. The van der Waals surface area contributed by atoms with Crippen LogP contribution in [-0.2, 0) is 10.2 Å². The van der Waals surface area contributed by atoms with Crippen LogP contribution in [0.15, 0.2) is 28.7 Å². The third-order valence-electron chi connectivity index (χ3n) is 2.42. The minimum Gasteiger partial charge on any atom is -0.283 e. The van der Waals surface area contributed by atoms with Gasteiger partial charge in [0.25, 0.3) is 0 Å². The van der Waals surface area contributed by atoms with Crippen LogP contribution in [0.3, 0.4) is 0 Å². The van der Waals surface area contributed by atoms with Crippen LogP contribution in [0.4, 0.5) is 0 Å². The minimum absolute atomic E-state index is 0.170. The summed E-state index contributed by atoms with van der Waals surface area (Å²) in [4.78, 5) is 12.0. The highest BCUT2D eigenvalue weighted by Gasteiger charge is 2.29. The minimum atomic E-state index is -0.647. The van der Waals surface area contributed by atoms with E-state index in [2.05, 4.69) is 39.4 Å². The number of hydrazine groups is 1. The van der Waals surface area contributed by atoms with E-state index in [0.717, 1.165) is 10.0 Å². The van der Waals surface area contributed by atoms with E-state index in [1.165, 1.54) is 0 Å². The van der Waals surface area contributed by atoms with Crippen LogP contribution in [-0.4, -0.2) is 10.2 Å². The van der Waals surface area contributed by atoms with Crippen molar-refractivity contribution in [2.75, 3.05) is 0 Å². The van der Waals surface area contributed by atoms with Gasteiger partial charge in [0.2, 0.25) is 5.91 Å². The number of hydrogen-bond donors (Lipinski definition) is 3. The highest BCUT2D eigenvalue weighted by molar-refractivity contribution is 9.10. The highest BCUT2D eigenvalue weighted by Crippen LogP contribution is 2.24. The van der Waals surface area contributed by atoms with E-state index in [4.69, 9.17) is 12.2 Å². The fraction of sp³-hybridized carbons (Fsp3) is 0.273. The lowest BCUT2D eigenvalue weighted by Crippen LogP contribution is -2.47. The largest absolute Gasteiger partial charge is 0.283 e. The van der Waals surface area contributed by atoms with Crippen molar-refractivity contribution in [2.45, 2.75) is 19.3 Å². The van der Waals surface area contributed by atoms with Crippen LogP contribution < -0.4 is 10.9 Å². The number of halogens is 1. The summed E-state index contributed by atoms with van der Waals surface area (Å²) in [7, 11) is 0. The quantitative estimate of drug-likeness (QED) is 0.443. The monoisotopic (exact) mass is 332 g/mol. The van der Waals surface area contributed by atoms with Crippen molar-refractivity contribution < 1.29 is 4.79 Å². The van der Waals surface area contributed by atoms with E-state index >= 15 is 0 Å². The molecule has 0 bridgehead atoms. The van der Waals surface area contributed by atoms with Gasteiger partial charge in [-0.3, -0.25) is 15.6 Å². The molecule has 1 rings (SSSR count). The fourth-order valence-electron chi connectivity index (χ4n) is 1.26. The Morgan fingerprint density at radius 1 is 1.29 bits per heavy atom. The van der Waals surface area contributed by atoms with Crippen molar-refractivity contribution >= 4 is 51.0 Å². The number of carbonyl (C=O) groups is 1. The third kappa shape index (κ3) is 3.97. The SMILES string of the molecule is CC(C)(C(=O)NNC(=S)S)c1ccc(Br)cc1. The molecule has 17 heavy (non-hydrogen) atoms. The number of thiocarbonyl (C=S) groups is 1. The Kier molecular flexibility index (Phi) is 4.97. The first-order valence-electron chi connectivity index (χ1n) is 4.89. The molecule has 1 aromatic rings. The zero-order valence-corrected chi connectivity index (χ0v) is 12.7. The van der Waals surface area contributed by atoms with Crippen molar-refractivity contribution in [3.8, 4) is 0 Å². The summed E-state index contributed by atoms with van der Waals surface area (Å²) in [6.45, 7) is 3.68. The number of carbonyl (C=O) groups excluding carboxylic acids is 1. The molecule has 3 nitrogen and oxygen atoms in total. The summed E-state index contributed by atoms with van der Waals surface area (Å²) in [5.41, 5.74) is 5.31. The van der Waals surface area contributed by atoms with E-state index in [1.54, 1.807) is 0 Å². The van der Waals surface area contributed by atoms with Gasteiger partial charge in [-0.2, -0.15) is 0 Å². The van der Waals surface area contributed by atoms with E-state index in [9.17, 15) is 4.79 Å². The van der Waals surface area contributed by atoms with E-state index < -0.39 is 5.41 Å². The van der Waals surface area contributed by atoms with Gasteiger partial charge in [0.05, 0.1) is 5.41 Å². The molecule has 0 saturated carbocycles. The first-order chi connectivity index (χ1) is 7.84. The van der Waals surface area contributed by atoms with Crippen molar-refractivity contribution in [2.24, 2.45) is 0 Å². The maximum atomic E-state index is 12.0. The highest BCUT2D eigenvalue weighted by atomic mass is 79.9. The van der Waals surface area contributed by atoms with Crippen molar-refractivity contribution in [3.05, 3.63) is 34.3 Å². The predicted octanol–water partition coefficient (Wildman–Crippen LogP) is 2.56. The Hall–Kier alpha value is -0.590. The summed E-state index contributed by atoms with van der Waals surface area (Å²) >= 11 is 11.9. The molecule has 0 spiro atoms. The molecule has 0 fully saturated rings. The number of amides is 1. The second kappa shape index (κ2) is 5.84. The Balaban J connectivity index is 2.82. The van der Waals surface area contributed by atoms with Crippen LogP contribution >= 0.6 is 40.8 Å². The van der Waals surface area contributed by atoms with Crippen LogP contribution in [0, 0.1) is 0 Å². The van der Waals surface area contributed by atoms with Crippen LogP contribution in [0.5, 0.6) is 0 Å². The number of thiol groups is 1. The molecule has 0 aliphatic rings. The zero-order chi connectivity index (χ0) is 13.1. The van der Waals surface area contributed by atoms with Gasteiger partial charge in [-0.15, -0.1) is 12.6 Å². The van der Waals surface area contributed by atoms with Crippen LogP contribution in [0.25, 0.3) is 0 Å². The van der Waals surface area contributed by atoms with Gasteiger partial charge in [-0.05, 0) is 31.5 Å². The number of nitrogens with one attached hydrogen (secondary N) is 2. The third-order valence-corrected chi connectivity index (χ3v) is 3.16. The summed E-state index contributed by atoms with van der Waals surface area (Å²) in [6, 6.07) is 7.62. The van der Waals surface area contributed by atoms with Crippen molar-refractivity contribution in [1.29, 1.82) is 0 Å². The van der Waals surface area contributed by atoms with E-state index in [1.807, 2.05) is 38.1 Å². The Morgan fingerprint density at radius 3 is 2.29 bits per heavy atom. The van der Waals surface area contributed by atoms with Crippen molar-refractivity contribution in [1.82, 2.24) is 10.9 Å². The summed E-state index contributed by atoms with van der Waals surface area (Å²) in [6.07, 6.45) is 0. The Bertz CT molecular complexity index is 432. The average Bonchev–Trinajstić information content (AvgIpc) is 2.26. The molecule has 2 N–H and O–H groups in total. The lowest BCUT2D eigenvalue weighted by Gasteiger charge is -2.24. The molecule has 0 saturated heterocycles. The van der Waals surface area contributed by atoms with Gasteiger partial charge in [0.15, 0.2) is 0 Å². The smallest absolute Gasteiger partial charge is 0.248 e. The standard InChI is InChI=1S/C11H13BrN2OS2/c1-11(2,9(15)13-14-10(16)17)7-3-5-8(12)6-4-7/h3-6H,1-2H3,(H,13,15)(H2,14,16,17). The first-order valence-corrected chi connectivity index (χ1v) is 6.54. The Morgan fingerprint density at radius 2 is 1.82 bits per heavy atom. The van der Waals surface area contributed by atoms with E-state index in [0.29, 0.717) is 0 Å². The number of hydrogen-bond acceptors (Lipinski definition) is 2. The molecule has 1 aromatic carbocycles. The molecule has 1 amide bonds. The zero-order valence-electron chi connectivity index (χ0n) is 9.45. The average molecular weight is 333 g/mol. The van der Waals surface area contributed by atoms with Gasteiger partial charge >= 0.3 is 0 Å². The molecule has 0 aliphatic carbocycles. The topological polar surface area (TPSA) is 41.1 Å². The molecule has 0 radical (unpaired) electrons. The number of benzene rings is 1. The van der Waals surface area contributed by atoms with Gasteiger partial charge in [-0.1, -0.05) is 40.3 Å². The molecular weight excluding hydrogens is 320 g/mol. The summed E-state index contributed by atoms with van der Waals surface area (Å²) < 4.78 is 1.21. The first kappa shape index (κ1) is 14.5. The lowest BCUT2D eigenvalue weighted by atomic mass is 9.84. The molecule has 6 heteroatoms. The number of rotatable bonds is 2. The van der Waals surface area contributed by atoms with Crippen LogP contribution in [0.2, 0.25) is 0 Å². The molecule has 0 aliphatic heterocycles. The molecule has 92 valence electrons. The summed E-state index contributed by atoms with van der Waals surface area (Å²) in [5, 5.41) is 0. The second-order valence-electron chi connectivity index (χ2n) is 4.02. The Labute approximate surface area is 120 Å². The fourth-order valence-corrected chi connectivity index (χ4v) is 1.64. The van der Waals surface area contributed by atoms with Gasteiger partial charge < -0.3 is 0 Å². The molecule has 0 atom stereocenters. The normalized spacial score (nSPS) is 10.8. The summed E-state index contributed by atoms with van der Waals surface area (Å²) in [5.74, 6) is -0.170. The van der Waals surface area contributed by atoms with Gasteiger partial charge in [0.1, 0.15) is 4.32 Å².